The first-order valence-electron chi connectivity index (χ1n) is 4.43. The number of hydrogen-bond donors (Lipinski definition) is 0. The van der Waals surface area contributed by atoms with Gasteiger partial charge in [0, 0.05) is 5.41 Å². The minimum absolute atomic E-state index is 0.378. The Morgan fingerprint density at radius 3 is 2.64 bits per heavy atom. The van der Waals surface area contributed by atoms with E-state index in [9.17, 15) is 0 Å². The van der Waals surface area contributed by atoms with Crippen molar-refractivity contribution in [1.82, 2.24) is 0 Å². The molecule has 0 heterocycles. The number of allylic oxidation sites excluding steroid dienone is 3. The molecule has 1 fully saturated rings. The van der Waals surface area contributed by atoms with E-state index in [4.69, 9.17) is 0 Å². The molecule has 3 atom stereocenters. The Morgan fingerprint density at radius 1 is 1.64 bits per heavy atom. The summed E-state index contributed by atoms with van der Waals surface area (Å²) in [5.41, 5.74) is 3.38. The second-order valence-electron chi connectivity index (χ2n) is 4.37. The van der Waals surface area contributed by atoms with Crippen LogP contribution in [0.4, 0.5) is 0 Å². The molecule has 0 bridgehead atoms. The molecule has 11 heavy (non-hydrogen) atoms. The summed E-state index contributed by atoms with van der Waals surface area (Å²) in [5, 5.41) is 0. The largest absolute Gasteiger partial charge is 0.0990 e. The molecule has 0 saturated heterocycles. The summed E-state index contributed by atoms with van der Waals surface area (Å²) in [6.07, 6.45) is 3.68. The van der Waals surface area contributed by atoms with Crippen LogP contribution in [0, 0.1) is 17.3 Å². The second-order valence-corrected chi connectivity index (χ2v) is 4.37. The minimum Gasteiger partial charge on any atom is -0.0990 e. The predicted molar refractivity (Wildman–Crippen MR) is 48.3 cm³/mol. The molecule has 0 amide bonds. The van der Waals surface area contributed by atoms with Crippen LogP contribution in [0.1, 0.15) is 27.2 Å². The Morgan fingerprint density at radius 2 is 2.27 bits per heavy atom. The molecular weight excluding hydrogens is 132 g/mol. The van der Waals surface area contributed by atoms with Crippen LogP contribution in [0.15, 0.2) is 23.8 Å². The van der Waals surface area contributed by atoms with E-state index in [1.165, 1.54) is 12.0 Å². The van der Waals surface area contributed by atoms with Gasteiger partial charge in [-0.05, 0) is 25.2 Å². The molecule has 2 rings (SSSR count). The fourth-order valence-corrected chi connectivity index (χ4v) is 2.66. The smallest absolute Gasteiger partial charge is 0.00994 e. The zero-order valence-electron chi connectivity index (χ0n) is 7.65. The summed E-state index contributed by atoms with van der Waals surface area (Å²) < 4.78 is 0. The molecule has 2 aliphatic rings. The average molecular weight is 148 g/mol. The van der Waals surface area contributed by atoms with Crippen molar-refractivity contribution in [2.24, 2.45) is 17.3 Å². The molecule has 0 aromatic heterocycles. The summed E-state index contributed by atoms with van der Waals surface area (Å²) in [6, 6.07) is 0. The van der Waals surface area contributed by atoms with Crippen LogP contribution in [0.5, 0.6) is 0 Å². The molecule has 2 aliphatic carbocycles. The van der Waals surface area contributed by atoms with Gasteiger partial charge >= 0.3 is 0 Å². The Bertz CT molecular complexity index is 247. The lowest BCUT2D eigenvalue weighted by Crippen LogP contribution is -2.37. The zero-order valence-corrected chi connectivity index (χ0v) is 7.65. The van der Waals surface area contributed by atoms with Gasteiger partial charge in [0.15, 0.2) is 0 Å². The molecule has 0 aromatic carbocycles. The van der Waals surface area contributed by atoms with Crippen molar-refractivity contribution in [3.05, 3.63) is 23.8 Å². The van der Waals surface area contributed by atoms with Crippen LogP contribution < -0.4 is 0 Å². The van der Waals surface area contributed by atoms with Crippen LogP contribution in [0.3, 0.4) is 0 Å². The van der Waals surface area contributed by atoms with Gasteiger partial charge < -0.3 is 0 Å². The van der Waals surface area contributed by atoms with E-state index >= 15 is 0 Å². The third-order valence-corrected chi connectivity index (χ3v) is 3.85. The Labute approximate surface area is 69.0 Å². The van der Waals surface area contributed by atoms with Crippen LogP contribution in [-0.4, -0.2) is 0 Å². The van der Waals surface area contributed by atoms with Gasteiger partial charge in [-0.3, -0.25) is 0 Å². The van der Waals surface area contributed by atoms with Crippen LogP contribution >= 0.6 is 0 Å². The van der Waals surface area contributed by atoms with Crippen molar-refractivity contribution in [2.45, 2.75) is 27.2 Å². The fraction of sp³-hybridized carbons (Fsp3) is 0.636. The van der Waals surface area contributed by atoms with E-state index in [0.717, 1.165) is 11.8 Å². The zero-order chi connectivity index (χ0) is 8.22. The van der Waals surface area contributed by atoms with Crippen molar-refractivity contribution in [3.63, 3.8) is 0 Å². The average Bonchev–Trinajstić information content (AvgIpc) is 2.12. The third kappa shape index (κ3) is 0.654. The van der Waals surface area contributed by atoms with E-state index < -0.39 is 0 Å². The fourth-order valence-electron chi connectivity index (χ4n) is 2.66. The van der Waals surface area contributed by atoms with Crippen LogP contribution in [-0.2, 0) is 0 Å². The second kappa shape index (κ2) is 1.80. The maximum absolute atomic E-state index is 4.10. The van der Waals surface area contributed by atoms with Gasteiger partial charge in [-0.2, -0.15) is 0 Å². The first-order valence-corrected chi connectivity index (χ1v) is 4.43. The van der Waals surface area contributed by atoms with E-state index in [-0.39, 0.29) is 0 Å². The van der Waals surface area contributed by atoms with Crippen molar-refractivity contribution in [3.8, 4) is 0 Å². The monoisotopic (exact) mass is 148 g/mol. The summed E-state index contributed by atoms with van der Waals surface area (Å²) >= 11 is 0. The SMILES string of the molecule is C=C1CC2C(C)C(C)=C[C@@]12C. The molecule has 0 radical (unpaired) electrons. The molecule has 60 valence electrons. The lowest BCUT2D eigenvalue weighted by molar-refractivity contribution is 0.182. The van der Waals surface area contributed by atoms with Crippen molar-refractivity contribution < 1.29 is 0 Å². The van der Waals surface area contributed by atoms with Gasteiger partial charge in [-0.25, -0.2) is 0 Å². The van der Waals surface area contributed by atoms with E-state index in [1.807, 2.05) is 0 Å². The molecule has 0 N–H and O–H groups in total. The Hall–Kier alpha value is -0.520. The first-order chi connectivity index (χ1) is 5.05. The highest BCUT2D eigenvalue weighted by atomic mass is 14.5. The van der Waals surface area contributed by atoms with E-state index in [1.54, 1.807) is 5.57 Å². The van der Waals surface area contributed by atoms with Crippen molar-refractivity contribution in [1.29, 1.82) is 0 Å². The van der Waals surface area contributed by atoms with Crippen LogP contribution in [0.2, 0.25) is 0 Å². The van der Waals surface area contributed by atoms with Gasteiger partial charge in [-0.1, -0.05) is 37.6 Å². The highest BCUT2D eigenvalue weighted by Gasteiger charge is 2.51. The summed E-state index contributed by atoms with van der Waals surface area (Å²) in [7, 11) is 0. The molecule has 2 unspecified atom stereocenters. The lowest BCUT2D eigenvalue weighted by atomic mass is 9.58. The molecule has 0 spiro atoms. The molecule has 0 aliphatic heterocycles. The van der Waals surface area contributed by atoms with Gasteiger partial charge in [0.05, 0.1) is 0 Å². The molecule has 0 nitrogen and oxygen atoms in total. The van der Waals surface area contributed by atoms with Crippen LogP contribution in [0.25, 0.3) is 0 Å². The quantitative estimate of drug-likeness (QED) is 0.463. The van der Waals surface area contributed by atoms with Crippen molar-refractivity contribution in [2.75, 3.05) is 0 Å². The van der Waals surface area contributed by atoms with Gasteiger partial charge in [0.25, 0.3) is 0 Å². The molecule has 0 heteroatoms. The van der Waals surface area contributed by atoms with Gasteiger partial charge in [0.1, 0.15) is 0 Å². The number of rotatable bonds is 0. The van der Waals surface area contributed by atoms with E-state index in [0.29, 0.717) is 5.41 Å². The third-order valence-electron chi connectivity index (χ3n) is 3.85. The summed E-state index contributed by atoms with van der Waals surface area (Å²) in [4.78, 5) is 0. The molecular formula is C11H16. The highest BCUT2D eigenvalue weighted by molar-refractivity contribution is 5.38. The highest BCUT2D eigenvalue weighted by Crippen LogP contribution is 2.60. The Balaban J connectivity index is 2.37. The van der Waals surface area contributed by atoms with Crippen molar-refractivity contribution >= 4 is 0 Å². The minimum atomic E-state index is 0.378. The Kier molecular flexibility index (Phi) is 1.17. The maximum Gasteiger partial charge on any atom is 0.00994 e. The topological polar surface area (TPSA) is 0 Å². The normalized spacial score (nSPS) is 48.3. The van der Waals surface area contributed by atoms with Gasteiger partial charge in [0.2, 0.25) is 0 Å². The number of hydrogen-bond acceptors (Lipinski definition) is 0. The van der Waals surface area contributed by atoms with E-state index in [2.05, 4.69) is 33.4 Å². The maximum atomic E-state index is 4.10. The first kappa shape index (κ1) is 7.15. The number of fused-ring (bicyclic) bond motifs is 1. The molecule has 1 saturated carbocycles. The summed E-state index contributed by atoms with van der Waals surface area (Å²) in [6.45, 7) is 11.0. The molecule has 0 aromatic rings. The lowest BCUT2D eigenvalue weighted by Gasteiger charge is -2.46. The predicted octanol–water partition coefficient (Wildman–Crippen LogP) is 3.16. The summed E-state index contributed by atoms with van der Waals surface area (Å²) in [5.74, 6) is 1.67. The standard InChI is InChI=1S/C11H16/c1-7-6-11(4)8(2)5-10(11)9(7)3/h6,9-10H,2,5H2,1,3-4H3/t9?,10?,11-/m0/s1. The van der Waals surface area contributed by atoms with Gasteiger partial charge in [-0.15, -0.1) is 0 Å².